The maximum absolute atomic E-state index is 11.5. The van der Waals surface area contributed by atoms with Crippen LogP contribution in [0.4, 0.5) is 9.93 Å². The number of nitrogens with one attached hydrogen (secondary N) is 2. The number of thiazole rings is 1. The molecular formula is C13H16N4OS. The van der Waals surface area contributed by atoms with Gasteiger partial charge in [0, 0.05) is 24.9 Å². The third kappa shape index (κ3) is 4.59. The summed E-state index contributed by atoms with van der Waals surface area (Å²) in [6.45, 7) is 1.07. The zero-order valence-electron chi connectivity index (χ0n) is 10.4. The van der Waals surface area contributed by atoms with Crippen molar-refractivity contribution in [3.8, 4) is 0 Å². The molecule has 1 aromatic carbocycles. The highest BCUT2D eigenvalue weighted by molar-refractivity contribution is 7.13. The van der Waals surface area contributed by atoms with Gasteiger partial charge in [-0.3, -0.25) is 0 Å². The third-order valence-corrected chi connectivity index (χ3v) is 3.25. The number of hydrogen-bond acceptors (Lipinski definition) is 4. The molecule has 0 fully saturated rings. The van der Waals surface area contributed by atoms with Gasteiger partial charge in [-0.05, 0) is 5.56 Å². The molecule has 0 aliphatic carbocycles. The second-order valence-corrected chi connectivity index (χ2v) is 4.91. The molecule has 1 aromatic heterocycles. The average Bonchev–Trinajstić information content (AvgIpc) is 2.83. The molecule has 100 valence electrons. The highest BCUT2D eigenvalue weighted by atomic mass is 32.1. The highest BCUT2D eigenvalue weighted by Gasteiger charge is 2.02. The number of anilines is 1. The van der Waals surface area contributed by atoms with Crippen molar-refractivity contribution < 1.29 is 4.79 Å². The fourth-order valence-corrected chi connectivity index (χ4v) is 2.18. The Morgan fingerprint density at radius 2 is 2.05 bits per heavy atom. The Morgan fingerprint density at radius 1 is 1.26 bits per heavy atom. The second-order valence-electron chi connectivity index (χ2n) is 4.02. The predicted molar refractivity (Wildman–Crippen MR) is 76.9 cm³/mol. The van der Waals surface area contributed by atoms with Crippen molar-refractivity contribution in [1.29, 1.82) is 0 Å². The molecule has 2 amide bonds. The van der Waals surface area contributed by atoms with Crippen molar-refractivity contribution in [2.75, 3.05) is 12.3 Å². The first-order valence-corrected chi connectivity index (χ1v) is 6.87. The Bertz CT molecular complexity index is 526. The Morgan fingerprint density at radius 3 is 2.74 bits per heavy atom. The summed E-state index contributed by atoms with van der Waals surface area (Å²) in [4.78, 5) is 15.7. The van der Waals surface area contributed by atoms with E-state index in [-0.39, 0.29) is 6.03 Å². The lowest BCUT2D eigenvalue weighted by atomic mass is 10.2. The van der Waals surface area contributed by atoms with Crippen LogP contribution in [0.15, 0.2) is 35.7 Å². The molecule has 0 saturated heterocycles. The number of carbonyl (C=O) groups is 1. The van der Waals surface area contributed by atoms with Gasteiger partial charge in [-0.15, -0.1) is 11.3 Å². The average molecular weight is 276 g/mol. The molecular weight excluding hydrogens is 260 g/mol. The maximum Gasteiger partial charge on any atom is 0.315 e. The summed E-state index contributed by atoms with van der Waals surface area (Å²) in [6, 6.07) is 9.61. The van der Waals surface area contributed by atoms with E-state index in [1.54, 1.807) is 0 Å². The molecule has 0 spiro atoms. The Kier molecular flexibility index (Phi) is 4.74. The van der Waals surface area contributed by atoms with Gasteiger partial charge in [0.2, 0.25) is 0 Å². The van der Waals surface area contributed by atoms with E-state index >= 15 is 0 Å². The number of rotatable bonds is 5. The molecule has 0 bridgehead atoms. The van der Waals surface area contributed by atoms with Crippen molar-refractivity contribution in [1.82, 2.24) is 15.6 Å². The van der Waals surface area contributed by atoms with E-state index in [0.717, 1.165) is 11.3 Å². The number of aromatic nitrogens is 1. The number of nitrogens with zero attached hydrogens (tertiary/aromatic N) is 1. The van der Waals surface area contributed by atoms with E-state index in [1.807, 2.05) is 35.7 Å². The molecule has 2 aromatic rings. The molecule has 0 atom stereocenters. The summed E-state index contributed by atoms with van der Waals surface area (Å²) in [7, 11) is 0. The molecule has 0 radical (unpaired) electrons. The van der Waals surface area contributed by atoms with E-state index in [4.69, 9.17) is 5.73 Å². The van der Waals surface area contributed by atoms with Crippen LogP contribution in [0.2, 0.25) is 0 Å². The number of amides is 2. The van der Waals surface area contributed by atoms with Crippen LogP contribution in [-0.2, 0) is 13.0 Å². The van der Waals surface area contributed by atoms with Gasteiger partial charge in [0.25, 0.3) is 0 Å². The molecule has 19 heavy (non-hydrogen) atoms. The Labute approximate surface area is 115 Å². The minimum Gasteiger partial charge on any atom is -0.375 e. The summed E-state index contributed by atoms with van der Waals surface area (Å²) >= 11 is 1.41. The molecule has 0 aliphatic rings. The van der Waals surface area contributed by atoms with Gasteiger partial charge in [0.15, 0.2) is 5.13 Å². The molecule has 0 aliphatic heterocycles. The lowest BCUT2D eigenvalue weighted by Gasteiger charge is -2.06. The first kappa shape index (κ1) is 13.4. The Balaban J connectivity index is 1.65. The van der Waals surface area contributed by atoms with Crippen LogP contribution in [-0.4, -0.2) is 17.6 Å². The zero-order chi connectivity index (χ0) is 13.5. The monoisotopic (exact) mass is 276 g/mol. The SMILES string of the molecule is Nc1nc(CCNC(=O)NCc2ccccc2)cs1. The van der Waals surface area contributed by atoms with Crippen molar-refractivity contribution >= 4 is 22.5 Å². The van der Waals surface area contributed by atoms with Crippen LogP contribution in [0.3, 0.4) is 0 Å². The van der Waals surface area contributed by atoms with E-state index in [0.29, 0.717) is 24.6 Å². The van der Waals surface area contributed by atoms with Gasteiger partial charge in [-0.25, -0.2) is 9.78 Å². The van der Waals surface area contributed by atoms with E-state index < -0.39 is 0 Å². The Hall–Kier alpha value is -2.08. The zero-order valence-corrected chi connectivity index (χ0v) is 11.2. The van der Waals surface area contributed by atoms with Gasteiger partial charge in [-0.2, -0.15) is 0 Å². The predicted octanol–water partition coefficient (Wildman–Crippen LogP) is 1.77. The first-order chi connectivity index (χ1) is 9.24. The van der Waals surface area contributed by atoms with Gasteiger partial charge in [0.05, 0.1) is 5.69 Å². The van der Waals surface area contributed by atoms with Crippen LogP contribution in [0.25, 0.3) is 0 Å². The minimum atomic E-state index is -0.174. The van der Waals surface area contributed by atoms with Gasteiger partial charge >= 0.3 is 6.03 Å². The normalized spacial score (nSPS) is 10.1. The molecule has 1 heterocycles. The highest BCUT2D eigenvalue weighted by Crippen LogP contribution is 2.10. The van der Waals surface area contributed by atoms with Crippen LogP contribution in [0.5, 0.6) is 0 Å². The minimum absolute atomic E-state index is 0.174. The summed E-state index contributed by atoms with van der Waals surface area (Å²) in [5.74, 6) is 0. The van der Waals surface area contributed by atoms with Crippen molar-refractivity contribution in [3.63, 3.8) is 0 Å². The number of benzene rings is 1. The topological polar surface area (TPSA) is 80.0 Å². The van der Waals surface area contributed by atoms with Gasteiger partial charge < -0.3 is 16.4 Å². The second kappa shape index (κ2) is 6.75. The first-order valence-electron chi connectivity index (χ1n) is 5.99. The van der Waals surface area contributed by atoms with Crippen LogP contribution in [0.1, 0.15) is 11.3 Å². The van der Waals surface area contributed by atoms with Crippen molar-refractivity contribution in [3.05, 3.63) is 47.0 Å². The number of carbonyl (C=O) groups excluding carboxylic acids is 1. The van der Waals surface area contributed by atoms with Crippen LogP contribution in [0, 0.1) is 0 Å². The molecule has 6 heteroatoms. The largest absolute Gasteiger partial charge is 0.375 e. The van der Waals surface area contributed by atoms with Crippen molar-refractivity contribution in [2.24, 2.45) is 0 Å². The maximum atomic E-state index is 11.5. The molecule has 0 saturated carbocycles. The number of nitrogens with two attached hydrogens (primary N) is 1. The quantitative estimate of drug-likeness (QED) is 0.778. The van der Waals surface area contributed by atoms with Gasteiger partial charge in [-0.1, -0.05) is 30.3 Å². The summed E-state index contributed by atoms with van der Waals surface area (Å²) < 4.78 is 0. The fraction of sp³-hybridized carbons (Fsp3) is 0.231. The van der Waals surface area contributed by atoms with E-state index in [9.17, 15) is 4.79 Å². The standard InChI is InChI=1S/C13H16N4OS/c14-12-17-11(9-19-12)6-7-15-13(18)16-8-10-4-2-1-3-5-10/h1-5,9H,6-8H2,(H2,14,17)(H2,15,16,18). The summed E-state index contributed by atoms with van der Waals surface area (Å²) in [5, 5.41) is 8.04. The summed E-state index contributed by atoms with van der Waals surface area (Å²) in [6.07, 6.45) is 0.687. The van der Waals surface area contributed by atoms with Crippen LogP contribution >= 0.6 is 11.3 Å². The van der Waals surface area contributed by atoms with Crippen LogP contribution < -0.4 is 16.4 Å². The fourth-order valence-electron chi connectivity index (χ4n) is 1.58. The summed E-state index contributed by atoms with van der Waals surface area (Å²) in [5.41, 5.74) is 7.51. The molecule has 4 N–H and O–H groups in total. The number of nitrogen functional groups attached to an aromatic ring is 1. The van der Waals surface area contributed by atoms with E-state index in [2.05, 4.69) is 15.6 Å². The number of hydrogen-bond donors (Lipinski definition) is 3. The van der Waals surface area contributed by atoms with Gasteiger partial charge in [0.1, 0.15) is 0 Å². The molecule has 5 nitrogen and oxygen atoms in total. The third-order valence-electron chi connectivity index (χ3n) is 2.53. The molecule has 0 unspecified atom stereocenters. The molecule has 2 rings (SSSR count). The lowest BCUT2D eigenvalue weighted by molar-refractivity contribution is 0.240. The van der Waals surface area contributed by atoms with Crippen molar-refractivity contribution in [2.45, 2.75) is 13.0 Å². The lowest BCUT2D eigenvalue weighted by Crippen LogP contribution is -2.36. The smallest absolute Gasteiger partial charge is 0.315 e. The number of urea groups is 1. The van der Waals surface area contributed by atoms with E-state index in [1.165, 1.54) is 11.3 Å².